The van der Waals surface area contributed by atoms with Crippen LogP contribution >= 0.6 is 0 Å². The van der Waals surface area contributed by atoms with E-state index in [0.29, 0.717) is 17.7 Å². The van der Waals surface area contributed by atoms with Crippen LogP contribution in [0.2, 0.25) is 0 Å². The molecule has 5 nitrogen and oxygen atoms in total. The Morgan fingerprint density at radius 3 is 3.12 bits per heavy atom. The van der Waals surface area contributed by atoms with Crippen molar-refractivity contribution in [3.8, 4) is 11.3 Å². The zero-order valence-corrected chi connectivity index (χ0v) is 8.75. The second-order valence-electron chi connectivity index (χ2n) is 3.92. The summed E-state index contributed by atoms with van der Waals surface area (Å²) in [5.41, 5.74) is 1.99. The summed E-state index contributed by atoms with van der Waals surface area (Å²) in [6, 6.07) is 4.93. The second-order valence-corrected chi connectivity index (χ2v) is 3.92. The average molecular weight is 231 g/mol. The Morgan fingerprint density at radius 1 is 1.53 bits per heavy atom. The van der Waals surface area contributed by atoms with Crippen LogP contribution in [0.5, 0.6) is 0 Å². The summed E-state index contributed by atoms with van der Waals surface area (Å²) in [5.74, 6) is -0.896. The summed E-state index contributed by atoms with van der Waals surface area (Å²) in [5, 5.41) is 18.8. The summed E-state index contributed by atoms with van der Waals surface area (Å²) >= 11 is 0. The Morgan fingerprint density at radius 2 is 2.35 bits per heavy atom. The van der Waals surface area contributed by atoms with Crippen LogP contribution in [0.1, 0.15) is 27.9 Å². The molecule has 1 aliphatic rings. The Labute approximate surface area is 96.3 Å². The zero-order chi connectivity index (χ0) is 12.0. The lowest BCUT2D eigenvalue weighted by atomic mass is 9.92. The number of furan rings is 1. The molecule has 0 saturated heterocycles. The molecule has 0 radical (unpaired) electrons. The number of carbonyl (C=O) groups is 1. The van der Waals surface area contributed by atoms with E-state index in [1.165, 1.54) is 6.07 Å². The highest BCUT2D eigenvalue weighted by Gasteiger charge is 2.29. The topological polar surface area (TPSA) is 83.6 Å². The number of fused-ring (bicyclic) bond motifs is 3. The van der Waals surface area contributed by atoms with Gasteiger partial charge >= 0.3 is 5.97 Å². The lowest BCUT2D eigenvalue weighted by Gasteiger charge is -2.18. The van der Waals surface area contributed by atoms with Crippen molar-refractivity contribution in [2.45, 2.75) is 12.5 Å². The number of pyridine rings is 1. The summed E-state index contributed by atoms with van der Waals surface area (Å²) in [6.45, 7) is 0. The lowest BCUT2D eigenvalue weighted by Crippen LogP contribution is -2.10. The van der Waals surface area contributed by atoms with Crippen molar-refractivity contribution < 1.29 is 19.4 Å². The highest BCUT2D eigenvalue weighted by Crippen LogP contribution is 2.39. The Bertz CT molecular complexity index is 602. The van der Waals surface area contributed by atoms with Gasteiger partial charge in [0.1, 0.15) is 5.76 Å². The number of aromatic carboxylic acids is 1. The van der Waals surface area contributed by atoms with Gasteiger partial charge in [0.05, 0.1) is 11.8 Å². The molecule has 1 aliphatic carbocycles. The smallest absolute Gasteiger partial charge is 0.371 e. The fraction of sp³-hybridized carbons (Fsp3) is 0.167. The molecular weight excluding hydrogens is 222 g/mol. The molecule has 86 valence electrons. The number of hydrogen-bond acceptors (Lipinski definition) is 4. The minimum absolute atomic E-state index is 0.161. The van der Waals surface area contributed by atoms with Crippen molar-refractivity contribution >= 4 is 5.97 Å². The fourth-order valence-corrected chi connectivity index (χ4v) is 2.07. The molecule has 2 aromatic rings. The van der Waals surface area contributed by atoms with Crippen LogP contribution in [0.25, 0.3) is 11.3 Å². The first kappa shape index (κ1) is 10.0. The van der Waals surface area contributed by atoms with Gasteiger partial charge in [0.2, 0.25) is 5.76 Å². The molecule has 1 atom stereocenters. The first-order chi connectivity index (χ1) is 8.16. The van der Waals surface area contributed by atoms with Gasteiger partial charge in [-0.2, -0.15) is 0 Å². The first-order valence-corrected chi connectivity index (χ1v) is 5.16. The van der Waals surface area contributed by atoms with E-state index in [9.17, 15) is 9.90 Å². The molecule has 5 heteroatoms. The quantitative estimate of drug-likeness (QED) is 0.779. The molecule has 0 bridgehead atoms. The van der Waals surface area contributed by atoms with Gasteiger partial charge in [-0.15, -0.1) is 0 Å². The molecule has 0 amide bonds. The molecule has 2 heterocycles. The molecule has 0 spiro atoms. The monoisotopic (exact) mass is 231 g/mol. The maximum Gasteiger partial charge on any atom is 0.371 e. The van der Waals surface area contributed by atoms with Gasteiger partial charge in [0, 0.05) is 23.7 Å². The molecule has 1 unspecified atom stereocenters. The van der Waals surface area contributed by atoms with E-state index in [0.717, 1.165) is 11.3 Å². The number of aromatic nitrogens is 1. The molecule has 3 rings (SSSR count). The molecule has 2 N–H and O–H groups in total. The number of carboxylic acid groups (broad SMARTS) is 1. The molecule has 17 heavy (non-hydrogen) atoms. The lowest BCUT2D eigenvalue weighted by molar-refractivity contribution is 0.0663. The van der Waals surface area contributed by atoms with E-state index < -0.39 is 12.1 Å². The third-order valence-electron chi connectivity index (χ3n) is 2.85. The van der Waals surface area contributed by atoms with Gasteiger partial charge in [0.15, 0.2) is 0 Å². The molecule has 0 aliphatic heterocycles. The molecule has 0 saturated carbocycles. The standard InChI is InChI=1S/C12H9NO4/c14-9-5-8-6(2-1-3-13-8)11-7(9)4-10(17-11)12(15)16/h1-4,9,14H,5H2,(H,15,16). The average Bonchev–Trinajstić information content (AvgIpc) is 2.75. The number of aliphatic hydroxyl groups excluding tert-OH is 1. The normalized spacial score (nSPS) is 17.4. The molecule has 0 aromatic carbocycles. The predicted molar refractivity (Wildman–Crippen MR) is 57.6 cm³/mol. The summed E-state index contributed by atoms with van der Waals surface area (Å²) in [7, 11) is 0. The van der Waals surface area contributed by atoms with Crippen LogP contribution in [0, 0.1) is 0 Å². The van der Waals surface area contributed by atoms with Crippen molar-refractivity contribution in [1.82, 2.24) is 4.98 Å². The van der Waals surface area contributed by atoms with Gasteiger partial charge in [0.25, 0.3) is 0 Å². The summed E-state index contributed by atoms with van der Waals surface area (Å²) < 4.78 is 5.26. The maximum atomic E-state index is 10.8. The van der Waals surface area contributed by atoms with Crippen molar-refractivity contribution in [2.75, 3.05) is 0 Å². The van der Waals surface area contributed by atoms with Crippen LogP contribution in [0.4, 0.5) is 0 Å². The Kier molecular flexibility index (Phi) is 2.02. The Balaban J connectivity index is 2.24. The summed E-state index contributed by atoms with van der Waals surface area (Å²) in [4.78, 5) is 15.0. The third-order valence-corrected chi connectivity index (χ3v) is 2.85. The van der Waals surface area contributed by atoms with Crippen LogP contribution in [0.15, 0.2) is 28.8 Å². The van der Waals surface area contributed by atoms with Crippen LogP contribution in [0.3, 0.4) is 0 Å². The minimum atomic E-state index is -1.14. The largest absolute Gasteiger partial charge is 0.475 e. The summed E-state index contributed by atoms with van der Waals surface area (Å²) in [6.07, 6.45) is 1.25. The van der Waals surface area contributed by atoms with Gasteiger partial charge < -0.3 is 14.6 Å². The predicted octanol–water partition coefficient (Wildman–Crippen LogP) is 1.63. The van der Waals surface area contributed by atoms with Crippen molar-refractivity contribution in [3.63, 3.8) is 0 Å². The van der Waals surface area contributed by atoms with Crippen molar-refractivity contribution in [1.29, 1.82) is 0 Å². The van der Waals surface area contributed by atoms with Gasteiger partial charge in [-0.1, -0.05) is 0 Å². The van der Waals surface area contributed by atoms with E-state index in [-0.39, 0.29) is 5.76 Å². The number of aliphatic hydroxyl groups is 1. The minimum Gasteiger partial charge on any atom is -0.475 e. The van der Waals surface area contributed by atoms with Crippen LogP contribution in [-0.2, 0) is 6.42 Å². The Hall–Kier alpha value is -2.14. The van der Waals surface area contributed by atoms with E-state index >= 15 is 0 Å². The van der Waals surface area contributed by atoms with Crippen molar-refractivity contribution in [2.24, 2.45) is 0 Å². The highest BCUT2D eigenvalue weighted by atomic mass is 16.4. The number of nitrogens with zero attached hydrogens (tertiary/aromatic N) is 1. The number of rotatable bonds is 1. The zero-order valence-electron chi connectivity index (χ0n) is 8.75. The number of carboxylic acids is 1. The molecular formula is C12H9NO4. The number of hydrogen-bond donors (Lipinski definition) is 2. The van der Waals surface area contributed by atoms with E-state index in [1.54, 1.807) is 12.3 Å². The second kappa shape index (κ2) is 3.43. The molecule has 0 fully saturated rings. The van der Waals surface area contributed by atoms with Crippen molar-refractivity contribution in [3.05, 3.63) is 41.4 Å². The van der Waals surface area contributed by atoms with Gasteiger partial charge in [-0.05, 0) is 18.2 Å². The van der Waals surface area contributed by atoms with Gasteiger partial charge in [-0.3, -0.25) is 4.98 Å². The van der Waals surface area contributed by atoms with Gasteiger partial charge in [-0.25, -0.2) is 4.79 Å². The van der Waals surface area contributed by atoms with E-state index in [4.69, 9.17) is 9.52 Å². The van der Waals surface area contributed by atoms with Crippen LogP contribution in [-0.4, -0.2) is 21.2 Å². The van der Waals surface area contributed by atoms with E-state index in [1.807, 2.05) is 6.07 Å². The van der Waals surface area contributed by atoms with E-state index in [2.05, 4.69) is 4.98 Å². The first-order valence-electron chi connectivity index (χ1n) is 5.16. The van der Waals surface area contributed by atoms with Crippen LogP contribution < -0.4 is 0 Å². The highest BCUT2D eigenvalue weighted by molar-refractivity contribution is 5.86. The third kappa shape index (κ3) is 1.43. The SMILES string of the molecule is O=C(O)c1cc2c(o1)-c1cccnc1CC2O. The fourth-order valence-electron chi connectivity index (χ4n) is 2.07. The maximum absolute atomic E-state index is 10.8. The molecule has 2 aromatic heterocycles.